The highest BCUT2D eigenvalue weighted by molar-refractivity contribution is 7.18. The Morgan fingerprint density at radius 1 is 1.38 bits per heavy atom. The van der Waals surface area contributed by atoms with Gasteiger partial charge < -0.3 is 10.3 Å². The van der Waals surface area contributed by atoms with Crippen molar-refractivity contribution in [1.29, 1.82) is 0 Å². The van der Waals surface area contributed by atoms with Gasteiger partial charge in [-0.1, -0.05) is 20.8 Å². The summed E-state index contributed by atoms with van der Waals surface area (Å²) < 4.78 is 0. The number of aromatic nitrogens is 2. The first-order chi connectivity index (χ1) is 12.1. The highest BCUT2D eigenvalue weighted by Gasteiger charge is 2.31. The summed E-state index contributed by atoms with van der Waals surface area (Å²) in [5.41, 5.74) is 1.42. The number of fused-ring (bicyclic) bond motifs is 3. The minimum absolute atomic E-state index is 0.0127. The van der Waals surface area contributed by atoms with Crippen LogP contribution in [0.1, 0.15) is 63.7 Å². The Morgan fingerprint density at radius 2 is 2.12 bits per heavy atom. The van der Waals surface area contributed by atoms with Gasteiger partial charge in [-0.2, -0.15) is 0 Å². The SMILES string of the molecule is CC(C)NC(=O)CCc1nc2sc3c(c2c(=O)[nH]1)CC[C@@H](C(C)(C)C)C3. The molecule has 1 aliphatic carbocycles. The Morgan fingerprint density at radius 3 is 2.77 bits per heavy atom. The van der Waals surface area contributed by atoms with E-state index in [1.165, 1.54) is 10.4 Å². The zero-order valence-electron chi connectivity index (χ0n) is 16.4. The maximum atomic E-state index is 12.6. The monoisotopic (exact) mass is 375 g/mol. The van der Waals surface area contributed by atoms with Gasteiger partial charge in [-0.25, -0.2) is 4.98 Å². The van der Waals surface area contributed by atoms with Crippen molar-refractivity contribution in [2.45, 2.75) is 72.8 Å². The predicted molar refractivity (Wildman–Crippen MR) is 107 cm³/mol. The lowest BCUT2D eigenvalue weighted by atomic mass is 9.72. The molecule has 0 saturated heterocycles. The topological polar surface area (TPSA) is 74.8 Å². The van der Waals surface area contributed by atoms with Crippen LogP contribution >= 0.6 is 11.3 Å². The Kier molecular flexibility index (Phi) is 5.24. The molecule has 142 valence electrons. The fraction of sp³-hybridized carbons (Fsp3) is 0.650. The van der Waals surface area contributed by atoms with E-state index in [0.717, 1.165) is 29.5 Å². The lowest BCUT2D eigenvalue weighted by molar-refractivity contribution is -0.121. The third-order valence-corrected chi connectivity index (χ3v) is 6.38. The van der Waals surface area contributed by atoms with Crippen molar-refractivity contribution in [3.8, 4) is 0 Å². The van der Waals surface area contributed by atoms with Gasteiger partial charge in [0.1, 0.15) is 10.7 Å². The van der Waals surface area contributed by atoms with Crippen molar-refractivity contribution >= 4 is 27.5 Å². The van der Waals surface area contributed by atoms with Crippen LogP contribution < -0.4 is 10.9 Å². The minimum atomic E-state index is -0.0547. The molecule has 26 heavy (non-hydrogen) atoms. The second kappa shape index (κ2) is 7.14. The molecule has 0 radical (unpaired) electrons. The van der Waals surface area contributed by atoms with Gasteiger partial charge in [0, 0.05) is 23.8 Å². The number of amides is 1. The highest BCUT2D eigenvalue weighted by atomic mass is 32.1. The maximum Gasteiger partial charge on any atom is 0.259 e. The van der Waals surface area contributed by atoms with Crippen molar-refractivity contribution in [1.82, 2.24) is 15.3 Å². The molecular formula is C20H29N3O2S. The van der Waals surface area contributed by atoms with Gasteiger partial charge in [-0.05, 0) is 50.0 Å². The van der Waals surface area contributed by atoms with Crippen molar-refractivity contribution < 1.29 is 4.79 Å². The summed E-state index contributed by atoms with van der Waals surface area (Å²) in [7, 11) is 0. The molecule has 3 rings (SSSR count). The first kappa shape index (κ1) is 19.1. The zero-order chi connectivity index (χ0) is 19.1. The lowest BCUT2D eigenvalue weighted by Gasteiger charge is -2.33. The summed E-state index contributed by atoms with van der Waals surface area (Å²) >= 11 is 1.66. The fourth-order valence-electron chi connectivity index (χ4n) is 3.71. The normalized spacial score (nSPS) is 17.5. The van der Waals surface area contributed by atoms with E-state index in [4.69, 9.17) is 0 Å². The summed E-state index contributed by atoms with van der Waals surface area (Å²) in [6.07, 6.45) is 3.91. The first-order valence-electron chi connectivity index (χ1n) is 9.48. The van der Waals surface area contributed by atoms with Crippen LogP contribution in [0.2, 0.25) is 0 Å². The number of aromatic amines is 1. The van der Waals surface area contributed by atoms with Gasteiger partial charge in [-0.15, -0.1) is 11.3 Å². The largest absolute Gasteiger partial charge is 0.354 e. The molecule has 0 fully saturated rings. The second-order valence-electron chi connectivity index (χ2n) is 8.72. The van der Waals surface area contributed by atoms with E-state index in [0.29, 0.717) is 24.6 Å². The number of nitrogens with zero attached hydrogens (tertiary/aromatic N) is 1. The average Bonchev–Trinajstić information content (AvgIpc) is 2.89. The molecule has 2 heterocycles. The molecule has 0 spiro atoms. The third-order valence-electron chi connectivity index (χ3n) is 5.23. The van der Waals surface area contributed by atoms with Gasteiger partial charge >= 0.3 is 0 Å². The van der Waals surface area contributed by atoms with E-state index >= 15 is 0 Å². The molecule has 6 heteroatoms. The molecule has 0 unspecified atom stereocenters. The number of aryl methyl sites for hydroxylation is 2. The summed E-state index contributed by atoms with van der Waals surface area (Å²) in [5.74, 6) is 1.23. The molecular weight excluding hydrogens is 346 g/mol. The highest BCUT2D eigenvalue weighted by Crippen LogP contribution is 2.41. The van der Waals surface area contributed by atoms with E-state index in [-0.39, 0.29) is 22.9 Å². The Bertz CT molecular complexity index is 874. The number of carbonyl (C=O) groups is 1. The molecule has 1 atom stereocenters. The van der Waals surface area contributed by atoms with Gasteiger partial charge in [0.15, 0.2) is 0 Å². The molecule has 0 saturated carbocycles. The van der Waals surface area contributed by atoms with Crippen LogP contribution in [-0.2, 0) is 24.1 Å². The Hall–Kier alpha value is -1.69. The van der Waals surface area contributed by atoms with Gasteiger partial charge in [0.05, 0.1) is 5.39 Å². The summed E-state index contributed by atoms with van der Waals surface area (Å²) in [4.78, 5) is 34.2. The summed E-state index contributed by atoms with van der Waals surface area (Å²) in [6.45, 7) is 10.8. The minimum Gasteiger partial charge on any atom is -0.354 e. The van der Waals surface area contributed by atoms with Crippen LogP contribution in [0.25, 0.3) is 10.2 Å². The summed E-state index contributed by atoms with van der Waals surface area (Å²) in [6, 6.07) is 0.122. The van der Waals surface area contributed by atoms with Gasteiger partial charge in [0.25, 0.3) is 5.56 Å². The predicted octanol–water partition coefficient (Wildman–Crippen LogP) is 3.59. The number of carbonyl (C=O) groups excluding carboxylic acids is 1. The number of nitrogens with one attached hydrogen (secondary N) is 2. The number of hydrogen-bond donors (Lipinski definition) is 2. The molecule has 0 bridgehead atoms. The third kappa shape index (κ3) is 4.00. The van der Waals surface area contributed by atoms with Gasteiger partial charge in [0.2, 0.25) is 5.91 Å². The average molecular weight is 376 g/mol. The van der Waals surface area contributed by atoms with Crippen LogP contribution in [0.15, 0.2) is 4.79 Å². The maximum absolute atomic E-state index is 12.6. The van der Waals surface area contributed by atoms with E-state index in [1.807, 2.05) is 13.8 Å². The first-order valence-corrected chi connectivity index (χ1v) is 10.3. The molecule has 2 aromatic rings. The van der Waals surface area contributed by atoms with Crippen molar-refractivity contribution in [3.63, 3.8) is 0 Å². The number of rotatable bonds is 4. The van der Waals surface area contributed by atoms with Crippen molar-refractivity contribution in [2.24, 2.45) is 11.3 Å². The van der Waals surface area contributed by atoms with E-state index in [1.54, 1.807) is 11.3 Å². The van der Waals surface area contributed by atoms with Crippen molar-refractivity contribution in [2.75, 3.05) is 0 Å². The standard InChI is InChI=1S/C20H29N3O2S/c1-11(2)21-16(24)9-8-15-22-18(25)17-13-7-6-12(20(3,4)5)10-14(13)26-19(17)23-15/h11-12H,6-10H2,1-5H3,(H,21,24)(H,22,23,25)/t12-/m1/s1. The molecule has 1 aliphatic rings. The molecule has 0 aliphatic heterocycles. The number of thiophene rings is 1. The molecule has 5 nitrogen and oxygen atoms in total. The van der Waals surface area contributed by atoms with Crippen LogP contribution in [0.4, 0.5) is 0 Å². The van der Waals surface area contributed by atoms with Crippen molar-refractivity contribution in [3.05, 3.63) is 26.6 Å². The molecule has 2 aromatic heterocycles. The Balaban J connectivity index is 1.84. The smallest absolute Gasteiger partial charge is 0.259 e. The Labute approximate surface area is 158 Å². The van der Waals surface area contributed by atoms with Crippen LogP contribution in [0.5, 0.6) is 0 Å². The lowest BCUT2D eigenvalue weighted by Crippen LogP contribution is -2.30. The van der Waals surface area contributed by atoms with Gasteiger partial charge in [-0.3, -0.25) is 9.59 Å². The second-order valence-corrected chi connectivity index (χ2v) is 9.81. The quantitative estimate of drug-likeness (QED) is 0.857. The van der Waals surface area contributed by atoms with Crippen LogP contribution in [-0.4, -0.2) is 21.9 Å². The zero-order valence-corrected chi connectivity index (χ0v) is 17.2. The van der Waals surface area contributed by atoms with E-state index in [9.17, 15) is 9.59 Å². The molecule has 1 amide bonds. The van der Waals surface area contributed by atoms with Crippen LogP contribution in [0.3, 0.4) is 0 Å². The van der Waals surface area contributed by atoms with E-state index in [2.05, 4.69) is 36.1 Å². The number of hydrogen-bond acceptors (Lipinski definition) is 4. The van der Waals surface area contributed by atoms with Crippen LogP contribution in [0, 0.1) is 11.3 Å². The molecule has 2 N–H and O–H groups in total. The summed E-state index contributed by atoms with van der Waals surface area (Å²) in [5, 5.41) is 3.64. The molecule has 0 aromatic carbocycles. The number of H-pyrrole nitrogens is 1. The van der Waals surface area contributed by atoms with E-state index < -0.39 is 0 Å². The fourth-order valence-corrected chi connectivity index (χ4v) is 5.03.